The topological polar surface area (TPSA) is 181 Å². The number of hydrogen-bond acceptors (Lipinski definition) is 6. The Bertz CT molecular complexity index is 1370. The second-order valence-corrected chi connectivity index (χ2v) is 8.91. The molecule has 0 fully saturated rings. The summed E-state index contributed by atoms with van der Waals surface area (Å²) in [5.41, 5.74) is 0.396. The fourth-order valence-corrected chi connectivity index (χ4v) is 4.02. The molecule has 28 heavy (non-hydrogen) atoms. The fourth-order valence-electron chi connectivity index (χ4n) is 3.01. The summed E-state index contributed by atoms with van der Waals surface area (Å²) < 4.78 is 63.5. The molecule has 146 valence electrons. The van der Waals surface area contributed by atoms with Gasteiger partial charge in [0.25, 0.3) is 20.2 Å². The molecule has 10 nitrogen and oxygen atoms in total. The number of nitrogens with one attached hydrogen (secondary N) is 2. The van der Waals surface area contributed by atoms with Crippen molar-refractivity contribution >= 4 is 42.0 Å². The molecule has 0 radical (unpaired) electrons. The summed E-state index contributed by atoms with van der Waals surface area (Å²) in [5, 5.41) is 21.4. The van der Waals surface area contributed by atoms with Crippen LogP contribution < -0.4 is 0 Å². The molecule has 2 aromatic carbocycles. The second kappa shape index (κ2) is 5.72. The van der Waals surface area contributed by atoms with Gasteiger partial charge >= 0.3 is 0 Å². The van der Waals surface area contributed by atoms with Gasteiger partial charge in [-0.3, -0.25) is 9.11 Å². The van der Waals surface area contributed by atoms with Crippen LogP contribution >= 0.6 is 0 Å². The largest absolute Gasteiger partial charge is 0.505 e. The molecule has 4 rings (SSSR count). The Morgan fingerprint density at radius 3 is 1.32 bits per heavy atom. The van der Waals surface area contributed by atoms with Gasteiger partial charge in [0.05, 0.1) is 20.8 Å². The van der Waals surface area contributed by atoms with Gasteiger partial charge in [-0.05, 0) is 36.4 Å². The smallest absolute Gasteiger partial charge is 0.294 e. The predicted octanol–water partition coefficient (Wildman–Crippen LogP) is 2.22. The average Bonchev–Trinajstić information content (AvgIpc) is 3.10. The van der Waals surface area contributed by atoms with Gasteiger partial charge < -0.3 is 20.2 Å². The van der Waals surface area contributed by atoms with Gasteiger partial charge in [0.1, 0.15) is 11.4 Å². The van der Waals surface area contributed by atoms with E-state index >= 15 is 0 Å². The summed E-state index contributed by atoms with van der Waals surface area (Å²) in [6.07, 6.45) is 0. The number of aromatic amines is 2. The van der Waals surface area contributed by atoms with Crippen molar-refractivity contribution < 1.29 is 36.2 Å². The Morgan fingerprint density at radius 1 is 0.643 bits per heavy atom. The zero-order chi connectivity index (χ0) is 20.4. The van der Waals surface area contributed by atoms with E-state index in [1.165, 1.54) is 12.1 Å². The molecular formula is C16H12N2O8S2. The standard InChI is InChI=1S/C16H12N2O8S2/c19-15-9-3-1-7(27(21,22)23)5-11(9)17-13(15)14-16(20)10-4-2-8(28(24,25)26)6-12(10)18-14/h1-6,17-20H,(H,21,22,23)(H,24,25,26). The first-order chi connectivity index (χ1) is 13.0. The lowest BCUT2D eigenvalue weighted by molar-refractivity contribution is 0.475. The van der Waals surface area contributed by atoms with Gasteiger partial charge in [-0.2, -0.15) is 16.8 Å². The summed E-state index contributed by atoms with van der Waals surface area (Å²) in [5.74, 6) is -0.595. The minimum Gasteiger partial charge on any atom is -0.505 e. The highest BCUT2D eigenvalue weighted by Gasteiger charge is 2.22. The number of aromatic nitrogens is 2. The van der Waals surface area contributed by atoms with Crippen molar-refractivity contribution in [3.05, 3.63) is 36.4 Å². The van der Waals surface area contributed by atoms with Crippen molar-refractivity contribution in [1.82, 2.24) is 9.97 Å². The molecule has 0 unspecified atom stereocenters. The summed E-state index contributed by atoms with van der Waals surface area (Å²) in [6, 6.07) is 7.01. The highest BCUT2D eigenvalue weighted by Crippen LogP contribution is 2.43. The Morgan fingerprint density at radius 2 is 1.00 bits per heavy atom. The summed E-state index contributed by atoms with van der Waals surface area (Å²) >= 11 is 0. The number of fused-ring (bicyclic) bond motifs is 2. The summed E-state index contributed by atoms with van der Waals surface area (Å²) in [7, 11) is -8.90. The van der Waals surface area contributed by atoms with E-state index < -0.39 is 20.2 Å². The molecule has 0 saturated heterocycles. The van der Waals surface area contributed by atoms with Crippen LogP contribution in [0.25, 0.3) is 33.2 Å². The first kappa shape index (κ1) is 18.3. The van der Waals surface area contributed by atoms with E-state index in [0.29, 0.717) is 0 Å². The highest BCUT2D eigenvalue weighted by atomic mass is 32.2. The zero-order valence-corrected chi connectivity index (χ0v) is 15.3. The highest BCUT2D eigenvalue weighted by molar-refractivity contribution is 7.86. The lowest BCUT2D eigenvalue weighted by atomic mass is 10.2. The molecule has 2 aromatic heterocycles. The lowest BCUT2D eigenvalue weighted by Crippen LogP contribution is -1.97. The van der Waals surface area contributed by atoms with E-state index in [1.54, 1.807) is 0 Å². The van der Waals surface area contributed by atoms with Gasteiger partial charge in [0.2, 0.25) is 0 Å². The van der Waals surface area contributed by atoms with Crippen molar-refractivity contribution in [3.8, 4) is 22.9 Å². The normalized spacial score (nSPS) is 12.8. The van der Waals surface area contributed by atoms with Gasteiger partial charge in [0.15, 0.2) is 11.5 Å². The monoisotopic (exact) mass is 424 g/mol. The number of aromatic hydroxyl groups is 2. The maximum atomic E-state index is 11.3. The molecule has 0 spiro atoms. The van der Waals surface area contributed by atoms with Crippen LogP contribution in [0.15, 0.2) is 46.2 Å². The van der Waals surface area contributed by atoms with Crippen LogP contribution in [0.2, 0.25) is 0 Å². The minimum atomic E-state index is -4.45. The Hall–Kier alpha value is -3.06. The van der Waals surface area contributed by atoms with Crippen molar-refractivity contribution in [2.45, 2.75) is 9.79 Å². The lowest BCUT2D eigenvalue weighted by Gasteiger charge is -1.97. The maximum absolute atomic E-state index is 11.3. The Labute approximate surface area is 157 Å². The number of hydrogen-bond donors (Lipinski definition) is 6. The van der Waals surface area contributed by atoms with Gasteiger partial charge in [-0.15, -0.1) is 0 Å². The second-order valence-electron chi connectivity index (χ2n) is 6.06. The molecule has 12 heteroatoms. The third-order valence-corrected chi connectivity index (χ3v) is 6.03. The van der Waals surface area contributed by atoms with Crippen LogP contribution in [0, 0.1) is 0 Å². The average molecular weight is 424 g/mol. The van der Waals surface area contributed by atoms with E-state index in [9.17, 15) is 27.0 Å². The minimum absolute atomic E-state index is 0.0181. The molecule has 6 N–H and O–H groups in total. The maximum Gasteiger partial charge on any atom is 0.294 e. The predicted molar refractivity (Wildman–Crippen MR) is 98.6 cm³/mol. The molecule has 0 amide bonds. The Kier molecular flexibility index (Phi) is 3.74. The number of H-pyrrole nitrogens is 2. The van der Waals surface area contributed by atoms with Gasteiger partial charge in [0, 0.05) is 10.8 Å². The number of benzene rings is 2. The van der Waals surface area contributed by atoms with E-state index in [0.717, 1.165) is 24.3 Å². The molecular weight excluding hydrogens is 412 g/mol. The Balaban J connectivity index is 1.95. The van der Waals surface area contributed by atoms with Crippen LogP contribution in [0.4, 0.5) is 0 Å². The number of rotatable bonds is 3. The molecule has 0 saturated carbocycles. The van der Waals surface area contributed by atoms with E-state index in [2.05, 4.69) is 9.97 Å². The summed E-state index contributed by atoms with van der Waals surface area (Å²) in [4.78, 5) is 4.74. The van der Waals surface area contributed by atoms with Gasteiger partial charge in [-0.1, -0.05) is 0 Å². The van der Waals surface area contributed by atoms with Gasteiger partial charge in [-0.25, -0.2) is 0 Å². The third kappa shape index (κ3) is 2.79. The fraction of sp³-hybridized carbons (Fsp3) is 0. The van der Waals surface area contributed by atoms with E-state index in [1.807, 2.05) is 0 Å². The van der Waals surface area contributed by atoms with Crippen LogP contribution in [0.1, 0.15) is 0 Å². The van der Waals surface area contributed by atoms with Crippen molar-refractivity contribution in [2.24, 2.45) is 0 Å². The van der Waals surface area contributed by atoms with Crippen LogP contribution in [0.5, 0.6) is 11.5 Å². The molecule has 0 aliphatic heterocycles. The van der Waals surface area contributed by atoms with Crippen molar-refractivity contribution in [2.75, 3.05) is 0 Å². The van der Waals surface area contributed by atoms with Crippen LogP contribution in [0.3, 0.4) is 0 Å². The molecule has 0 aliphatic carbocycles. The van der Waals surface area contributed by atoms with Crippen molar-refractivity contribution in [1.29, 1.82) is 0 Å². The van der Waals surface area contributed by atoms with Crippen molar-refractivity contribution in [3.63, 3.8) is 0 Å². The van der Waals surface area contributed by atoms with E-state index in [4.69, 9.17) is 9.11 Å². The summed E-state index contributed by atoms with van der Waals surface area (Å²) in [6.45, 7) is 0. The quantitative estimate of drug-likeness (QED) is 0.271. The third-order valence-electron chi connectivity index (χ3n) is 4.33. The van der Waals surface area contributed by atoms with E-state index in [-0.39, 0.29) is 54.5 Å². The zero-order valence-electron chi connectivity index (χ0n) is 13.7. The van der Waals surface area contributed by atoms with Crippen LogP contribution in [-0.2, 0) is 20.2 Å². The first-order valence-corrected chi connectivity index (χ1v) is 10.5. The first-order valence-electron chi connectivity index (χ1n) is 7.61. The molecule has 4 aromatic rings. The SMILES string of the molecule is O=S(=O)(O)c1ccc2c(O)c(-c3[nH]c4cc(S(=O)(=O)O)ccc4c3O)[nH]c2c1. The van der Waals surface area contributed by atoms with Crippen LogP contribution in [-0.4, -0.2) is 46.1 Å². The molecule has 0 atom stereocenters. The molecule has 0 bridgehead atoms. The molecule has 0 aliphatic rings. The molecule has 2 heterocycles.